The first-order valence-electron chi connectivity index (χ1n) is 6.07. The van der Waals surface area contributed by atoms with Crippen LogP contribution in [0.2, 0.25) is 0 Å². The van der Waals surface area contributed by atoms with Gasteiger partial charge in [-0.15, -0.1) is 10.2 Å². The number of nitrogens with zero attached hydrogens (tertiary/aromatic N) is 2. The first kappa shape index (κ1) is 14.8. The zero-order chi connectivity index (χ0) is 14.4. The van der Waals surface area contributed by atoms with Crippen LogP contribution in [0.5, 0.6) is 5.75 Å². The summed E-state index contributed by atoms with van der Waals surface area (Å²) in [5, 5.41) is 11.7. The van der Waals surface area contributed by atoms with E-state index in [0.29, 0.717) is 17.9 Å². The van der Waals surface area contributed by atoms with Crippen LogP contribution >= 0.6 is 23.1 Å². The second kappa shape index (κ2) is 7.25. The number of Topliss-reactive ketones (excluding diaryl/α,β-unsaturated/α-hetero) is 1. The van der Waals surface area contributed by atoms with Crippen molar-refractivity contribution in [2.45, 2.75) is 11.3 Å². The minimum atomic E-state index is 0.0102. The van der Waals surface area contributed by atoms with E-state index in [1.54, 1.807) is 17.8 Å². The molecule has 0 unspecified atom stereocenters. The highest BCUT2D eigenvalue weighted by atomic mass is 32.2. The number of benzene rings is 1. The van der Waals surface area contributed by atoms with E-state index < -0.39 is 0 Å². The maximum Gasteiger partial charge on any atom is 0.206 e. The molecule has 5 nitrogen and oxygen atoms in total. The molecule has 0 saturated carbocycles. The Bertz CT molecular complexity index is 587. The van der Waals surface area contributed by atoms with E-state index in [4.69, 9.17) is 4.74 Å². The molecule has 0 aliphatic carbocycles. The van der Waals surface area contributed by atoms with Gasteiger partial charge in [-0.2, -0.15) is 0 Å². The minimum Gasteiger partial charge on any atom is -0.492 e. The molecule has 1 heterocycles. The Morgan fingerprint density at radius 3 is 2.90 bits per heavy atom. The van der Waals surface area contributed by atoms with Crippen LogP contribution in [0.4, 0.5) is 5.13 Å². The molecular formula is C13H15N3O2S2. The van der Waals surface area contributed by atoms with Gasteiger partial charge in [0.2, 0.25) is 5.13 Å². The van der Waals surface area contributed by atoms with Crippen molar-refractivity contribution in [3.63, 3.8) is 0 Å². The summed E-state index contributed by atoms with van der Waals surface area (Å²) in [4.78, 5) is 11.4. The topological polar surface area (TPSA) is 64.1 Å². The van der Waals surface area contributed by atoms with Gasteiger partial charge < -0.3 is 10.1 Å². The third-order valence-corrected chi connectivity index (χ3v) is 4.49. The zero-order valence-electron chi connectivity index (χ0n) is 11.3. The van der Waals surface area contributed by atoms with Crippen molar-refractivity contribution in [3.05, 3.63) is 29.8 Å². The number of ether oxygens (including phenoxy) is 1. The van der Waals surface area contributed by atoms with E-state index in [0.717, 1.165) is 15.2 Å². The van der Waals surface area contributed by atoms with Crippen LogP contribution in [-0.4, -0.2) is 35.4 Å². The lowest BCUT2D eigenvalue weighted by molar-refractivity contribution is 0.101. The number of aromatic nitrogens is 2. The number of para-hydroxylation sites is 1. The lowest BCUT2D eigenvalue weighted by Crippen LogP contribution is -2.04. The van der Waals surface area contributed by atoms with Crippen molar-refractivity contribution in [3.8, 4) is 5.75 Å². The Morgan fingerprint density at radius 2 is 2.20 bits per heavy atom. The number of thioether (sulfide) groups is 1. The number of ketones is 1. The van der Waals surface area contributed by atoms with Crippen molar-refractivity contribution in [1.29, 1.82) is 0 Å². The van der Waals surface area contributed by atoms with E-state index in [1.807, 2.05) is 25.2 Å². The Balaban J connectivity index is 1.83. The van der Waals surface area contributed by atoms with Gasteiger partial charge in [-0.3, -0.25) is 4.79 Å². The molecule has 1 aromatic heterocycles. The monoisotopic (exact) mass is 309 g/mol. The third-order valence-electron chi connectivity index (χ3n) is 2.45. The van der Waals surface area contributed by atoms with Crippen LogP contribution in [0.1, 0.15) is 17.3 Å². The van der Waals surface area contributed by atoms with Gasteiger partial charge in [0.1, 0.15) is 5.75 Å². The molecule has 0 aliphatic heterocycles. The molecule has 0 aliphatic rings. The quantitative estimate of drug-likeness (QED) is 0.482. The van der Waals surface area contributed by atoms with E-state index in [2.05, 4.69) is 15.5 Å². The fourth-order valence-corrected chi connectivity index (χ4v) is 3.13. The average Bonchev–Trinajstić information content (AvgIpc) is 2.92. The summed E-state index contributed by atoms with van der Waals surface area (Å²) in [6.45, 7) is 2.06. The first-order valence-corrected chi connectivity index (χ1v) is 7.87. The number of nitrogens with one attached hydrogen (secondary N) is 1. The van der Waals surface area contributed by atoms with Gasteiger partial charge in [0.15, 0.2) is 10.1 Å². The number of carbonyl (C=O) groups is 1. The highest BCUT2D eigenvalue weighted by molar-refractivity contribution is 8.01. The van der Waals surface area contributed by atoms with Gasteiger partial charge in [-0.1, -0.05) is 35.2 Å². The van der Waals surface area contributed by atoms with E-state index >= 15 is 0 Å². The molecule has 0 saturated heterocycles. The lowest BCUT2D eigenvalue weighted by atomic mass is 10.1. The lowest BCUT2D eigenvalue weighted by Gasteiger charge is -2.08. The average molecular weight is 309 g/mol. The number of hydrogen-bond donors (Lipinski definition) is 1. The van der Waals surface area contributed by atoms with Gasteiger partial charge in [0.25, 0.3) is 0 Å². The molecule has 0 amide bonds. The van der Waals surface area contributed by atoms with Crippen LogP contribution < -0.4 is 10.1 Å². The highest BCUT2D eigenvalue weighted by Gasteiger charge is 2.07. The van der Waals surface area contributed by atoms with Gasteiger partial charge in [-0.25, -0.2) is 0 Å². The first-order chi connectivity index (χ1) is 9.70. The highest BCUT2D eigenvalue weighted by Crippen LogP contribution is 2.25. The van der Waals surface area contributed by atoms with Crippen molar-refractivity contribution >= 4 is 34.0 Å². The van der Waals surface area contributed by atoms with Crippen molar-refractivity contribution in [2.24, 2.45) is 0 Å². The van der Waals surface area contributed by atoms with Gasteiger partial charge in [0.05, 0.1) is 12.2 Å². The Labute approximate surface area is 125 Å². The molecule has 2 rings (SSSR count). The van der Waals surface area contributed by atoms with E-state index in [9.17, 15) is 4.79 Å². The molecule has 1 aromatic carbocycles. The molecule has 0 radical (unpaired) electrons. The summed E-state index contributed by atoms with van der Waals surface area (Å²) in [5.41, 5.74) is 0.617. The molecule has 2 aromatic rings. The van der Waals surface area contributed by atoms with Crippen LogP contribution in [0, 0.1) is 0 Å². The Kier molecular flexibility index (Phi) is 5.37. The smallest absolute Gasteiger partial charge is 0.206 e. The van der Waals surface area contributed by atoms with Gasteiger partial charge in [0, 0.05) is 12.8 Å². The van der Waals surface area contributed by atoms with Gasteiger partial charge >= 0.3 is 0 Å². The predicted molar refractivity (Wildman–Crippen MR) is 82.1 cm³/mol. The maximum absolute atomic E-state index is 11.4. The Morgan fingerprint density at radius 1 is 1.40 bits per heavy atom. The molecule has 7 heteroatoms. The predicted octanol–water partition coefficient (Wildman–Crippen LogP) is 2.95. The maximum atomic E-state index is 11.4. The summed E-state index contributed by atoms with van der Waals surface area (Å²) in [6, 6.07) is 7.28. The summed E-state index contributed by atoms with van der Waals surface area (Å²) >= 11 is 3.09. The van der Waals surface area contributed by atoms with Crippen LogP contribution in [0.3, 0.4) is 0 Å². The van der Waals surface area contributed by atoms with Crippen molar-refractivity contribution < 1.29 is 9.53 Å². The second-order valence-corrected chi connectivity index (χ2v) is 6.19. The SMILES string of the molecule is CNc1nnc(SCCOc2ccccc2C(C)=O)s1. The Hall–Kier alpha value is -1.60. The molecule has 20 heavy (non-hydrogen) atoms. The largest absolute Gasteiger partial charge is 0.492 e. The fraction of sp³-hybridized carbons (Fsp3) is 0.308. The number of carbonyl (C=O) groups excluding carboxylic acids is 1. The summed E-state index contributed by atoms with van der Waals surface area (Å²) in [6.07, 6.45) is 0. The number of rotatable bonds is 7. The fourth-order valence-electron chi connectivity index (χ4n) is 1.53. The summed E-state index contributed by atoms with van der Waals surface area (Å²) in [5.74, 6) is 1.40. The molecule has 106 valence electrons. The number of anilines is 1. The molecule has 0 atom stereocenters. The third kappa shape index (κ3) is 3.94. The van der Waals surface area contributed by atoms with E-state index in [-0.39, 0.29) is 5.78 Å². The molecule has 0 fully saturated rings. The molecule has 0 bridgehead atoms. The second-order valence-electron chi connectivity index (χ2n) is 3.87. The van der Waals surface area contributed by atoms with Crippen molar-refractivity contribution in [1.82, 2.24) is 10.2 Å². The molecular weight excluding hydrogens is 294 g/mol. The standard InChI is InChI=1S/C13H15N3O2S2/c1-9(17)10-5-3-4-6-11(10)18-7-8-19-13-16-15-12(14-2)20-13/h3-6H,7-8H2,1-2H3,(H,14,15). The normalized spacial score (nSPS) is 10.3. The van der Waals surface area contributed by atoms with Gasteiger partial charge in [-0.05, 0) is 19.1 Å². The van der Waals surface area contributed by atoms with Crippen LogP contribution in [-0.2, 0) is 0 Å². The van der Waals surface area contributed by atoms with Crippen LogP contribution in [0.15, 0.2) is 28.6 Å². The number of hydrogen-bond acceptors (Lipinski definition) is 7. The minimum absolute atomic E-state index is 0.0102. The molecule has 0 spiro atoms. The van der Waals surface area contributed by atoms with Crippen LogP contribution in [0.25, 0.3) is 0 Å². The van der Waals surface area contributed by atoms with Crippen molar-refractivity contribution in [2.75, 3.05) is 24.7 Å². The summed E-state index contributed by atoms with van der Waals surface area (Å²) < 4.78 is 6.55. The summed E-state index contributed by atoms with van der Waals surface area (Å²) in [7, 11) is 1.82. The molecule has 1 N–H and O–H groups in total. The zero-order valence-corrected chi connectivity index (χ0v) is 12.9. The van der Waals surface area contributed by atoms with E-state index in [1.165, 1.54) is 18.3 Å².